The third-order valence-electron chi connectivity index (χ3n) is 5.87. The molecule has 2 nitrogen and oxygen atoms in total. The second kappa shape index (κ2) is 10.4. The van der Waals surface area contributed by atoms with Crippen LogP contribution in [0.1, 0.15) is 60.8 Å². The van der Waals surface area contributed by atoms with Crippen LogP contribution in [-0.2, 0) is 4.74 Å². The number of alkyl halides is 13. The van der Waals surface area contributed by atoms with E-state index in [0.29, 0.717) is 19.5 Å². The van der Waals surface area contributed by atoms with Gasteiger partial charge in [0.1, 0.15) is 0 Å². The largest absolute Gasteiger partial charge is 0.460 e. The van der Waals surface area contributed by atoms with Crippen LogP contribution in [0.2, 0.25) is 0 Å². The molecule has 0 aromatic rings. The van der Waals surface area contributed by atoms with E-state index >= 15 is 0 Å². The van der Waals surface area contributed by atoms with Crippen LogP contribution in [0.5, 0.6) is 0 Å². The molecule has 0 atom stereocenters. The normalized spacial score (nSPS) is 15.8. The van der Waals surface area contributed by atoms with Crippen molar-refractivity contribution >= 4 is 0 Å². The molecule has 0 aliphatic carbocycles. The van der Waals surface area contributed by atoms with Crippen molar-refractivity contribution < 1.29 is 61.8 Å². The Morgan fingerprint density at radius 3 is 1.31 bits per heavy atom. The standard InChI is InChI=1S/C20H30F13NO/c1-7-34(8-2)13(3,4)11-12-35-14(5,6)9-10-15(21,22)16(23,24)17(25,26)18(27,28)19(29,30)20(31,32)33/h7-12H2,1-6H3. The number of hydrogen-bond donors (Lipinski definition) is 0. The topological polar surface area (TPSA) is 12.5 Å². The first-order valence-corrected chi connectivity index (χ1v) is 10.5. The lowest BCUT2D eigenvalue weighted by Crippen LogP contribution is -2.70. The maximum Gasteiger partial charge on any atom is 0.460 e. The summed E-state index contributed by atoms with van der Waals surface area (Å²) in [5.41, 5.74) is -2.12. The number of rotatable bonds is 14. The van der Waals surface area contributed by atoms with Crippen molar-refractivity contribution in [2.45, 2.75) is 108 Å². The van der Waals surface area contributed by atoms with Gasteiger partial charge in [-0.25, -0.2) is 0 Å². The molecule has 0 aromatic heterocycles. The molecule has 0 amide bonds. The van der Waals surface area contributed by atoms with E-state index in [1.807, 2.05) is 32.6 Å². The third kappa shape index (κ3) is 6.67. The molecule has 0 bridgehead atoms. The highest BCUT2D eigenvalue weighted by molar-refractivity contribution is 5.10. The first kappa shape index (κ1) is 34.0. The Bertz CT molecular complexity index is 683. The Morgan fingerprint density at radius 1 is 0.543 bits per heavy atom. The van der Waals surface area contributed by atoms with Crippen LogP contribution >= 0.6 is 0 Å². The maximum absolute atomic E-state index is 14.0. The molecule has 0 aliphatic rings. The lowest BCUT2D eigenvalue weighted by molar-refractivity contribution is -0.440. The van der Waals surface area contributed by atoms with Gasteiger partial charge in [-0.3, -0.25) is 4.90 Å². The van der Waals surface area contributed by atoms with E-state index < -0.39 is 59.8 Å². The minimum absolute atomic E-state index is 0.107. The fraction of sp³-hybridized carbons (Fsp3) is 1.00. The van der Waals surface area contributed by atoms with Gasteiger partial charge in [0.15, 0.2) is 0 Å². The highest BCUT2D eigenvalue weighted by atomic mass is 19.4. The van der Waals surface area contributed by atoms with Crippen molar-refractivity contribution in [2.24, 2.45) is 0 Å². The van der Waals surface area contributed by atoms with E-state index in [2.05, 4.69) is 0 Å². The predicted octanol–water partition coefficient (Wildman–Crippen LogP) is 7.81. The van der Waals surface area contributed by atoms with Crippen LogP contribution in [0.25, 0.3) is 0 Å². The Kier molecular flexibility index (Phi) is 10.1. The zero-order valence-corrected chi connectivity index (χ0v) is 20.0. The van der Waals surface area contributed by atoms with Gasteiger partial charge in [0, 0.05) is 18.6 Å². The van der Waals surface area contributed by atoms with Crippen molar-refractivity contribution in [2.75, 3.05) is 19.7 Å². The van der Waals surface area contributed by atoms with Gasteiger partial charge in [0.05, 0.1) is 5.60 Å². The van der Waals surface area contributed by atoms with Gasteiger partial charge in [0.2, 0.25) is 0 Å². The van der Waals surface area contributed by atoms with Gasteiger partial charge in [-0.1, -0.05) is 13.8 Å². The average molecular weight is 547 g/mol. The summed E-state index contributed by atoms with van der Waals surface area (Å²) in [5.74, 6) is -36.7. The molecule has 0 aliphatic heterocycles. The smallest absolute Gasteiger partial charge is 0.376 e. The number of nitrogens with zero attached hydrogens (tertiary/aromatic N) is 1. The summed E-state index contributed by atoms with van der Waals surface area (Å²) in [7, 11) is 0. The van der Waals surface area contributed by atoms with Crippen LogP contribution in [-0.4, -0.2) is 71.5 Å². The third-order valence-corrected chi connectivity index (χ3v) is 5.87. The predicted molar refractivity (Wildman–Crippen MR) is 102 cm³/mol. The molecule has 0 spiro atoms. The summed E-state index contributed by atoms with van der Waals surface area (Å²) in [6, 6.07) is 0. The zero-order chi connectivity index (χ0) is 28.5. The van der Waals surface area contributed by atoms with Crippen molar-refractivity contribution in [3.05, 3.63) is 0 Å². The van der Waals surface area contributed by atoms with Gasteiger partial charge in [-0.05, 0) is 53.6 Å². The fourth-order valence-electron chi connectivity index (χ4n) is 3.30. The Labute approximate surface area is 195 Å². The summed E-state index contributed by atoms with van der Waals surface area (Å²) >= 11 is 0. The molecule has 0 saturated carbocycles. The van der Waals surface area contributed by atoms with Crippen LogP contribution in [0, 0.1) is 0 Å². The van der Waals surface area contributed by atoms with E-state index in [0.717, 1.165) is 13.8 Å². The highest BCUT2D eigenvalue weighted by Crippen LogP contribution is 2.60. The molecule has 0 aromatic carbocycles. The van der Waals surface area contributed by atoms with Gasteiger partial charge >= 0.3 is 35.8 Å². The SMILES string of the molecule is CCN(CC)C(C)(C)CCOC(C)(C)CCC(F)(F)C(F)(F)C(F)(F)C(F)(F)C(F)(F)C(F)(F)F. The first-order valence-electron chi connectivity index (χ1n) is 10.5. The Hall–Kier alpha value is -0.990. The quantitative estimate of drug-likeness (QED) is 0.206. The summed E-state index contributed by atoms with van der Waals surface area (Å²) in [5, 5.41) is 0. The summed E-state index contributed by atoms with van der Waals surface area (Å²) < 4.78 is 177. The van der Waals surface area contributed by atoms with E-state index in [4.69, 9.17) is 4.74 Å². The lowest BCUT2D eigenvalue weighted by Gasteiger charge is -2.40. The van der Waals surface area contributed by atoms with Crippen molar-refractivity contribution in [1.29, 1.82) is 0 Å². The summed E-state index contributed by atoms with van der Waals surface area (Å²) in [6.07, 6.45) is -10.5. The van der Waals surface area contributed by atoms with Gasteiger partial charge in [0.25, 0.3) is 0 Å². The minimum atomic E-state index is -7.88. The molecule has 0 fully saturated rings. The van der Waals surface area contributed by atoms with Crippen molar-refractivity contribution in [1.82, 2.24) is 4.90 Å². The van der Waals surface area contributed by atoms with Crippen LogP contribution in [0.15, 0.2) is 0 Å². The van der Waals surface area contributed by atoms with Gasteiger partial charge < -0.3 is 4.74 Å². The zero-order valence-electron chi connectivity index (χ0n) is 20.0. The van der Waals surface area contributed by atoms with Crippen LogP contribution in [0.3, 0.4) is 0 Å². The molecule has 0 saturated heterocycles. The van der Waals surface area contributed by atoms with Crippen LogP contribution in [0.4, 0.5) is 57.1 Å². The van der Waals surface area contributed by atoms with Crippen LogP contribution < -0.4 is 0 Å². The molecule has 0 rings (SSSR count). The average Bonchev–Trinajstić information content (AvgIpc) is 2.65. The number of ether oxygens (including phenoxy) is 1. The fourth-order valence-corrected chi connectivity index (χ4v) is 3.30. The Morgan fingerprint density at radius 2 is 0.943 bits per heavy atom. The van der Waals surface area contributed by atoms with Crippen molar-refractivity contribution in [3.8, 4) is 0 Å². The summed E-state index contributed by atoms with van der Waals surface area (Å²) in [4.78, 5) is 2.02. The molecule has 35 heavy (non-hydrogen) atoms. The minimum Gasteiger partial charge on any atom is -0.376 e. The number of halogens is 13. The van der Waals surface area contributed by atoms with E-state index in [9.17, 15) is 57.1 Å². The summed E-state index contributed by atoms with van der Waals surface area (Å²) in [6.45, 7) is 10.8. The highest BCUT2D eigenvalue weighted by Gasteiger charge is 2.90. The molecule has 15 heteroatoms. The van der Waals surface area contributed by atoms with E-state index in [-0.39, 0.29) is 6.61 Å². The first-order chi connectivity index (χ1) is 15.2. The van der Waals surface area contributed by atoms with E-state index in [1.54, 1.807) is 0 Å². The number of hydrogen-bond acceptors (Lipinski definition) is 2. The van der Waals surface area contributed by atoms with Crippen molar-refractivity contribution in [3.63, 3.8) is 0 Å². The maximum atomic E-state index is 14.0. The molecule has 0 unspecified atom stereocenters. The van der Waals surface area contributed by atoms with E-state index in [1.165, 1.54) is 0 Å². The molecule has 0 heterocycles. The second-order valence-corrected chi connectivity index (χ2v) is 9.34. The molecular weight excluding hydrogens is 517 g/mol. The monoisotopic (exact) mass is 547 g/mol. The Balaban J connectivity index is 5.58. The second-order valence-electron chi connectivity index (χ2n) is 9.34. The lowest BCUT2D eigenvalue weighted by atomic mass is 9.89. The van der Waals surface area contributed by atoms with Gasteiger partial charge in [-0.2, -0.15) is 57.1 Å². The molecule has 212 valence electrons. The molecule has 0 radical (unpaired) electrons. The molecular formula is C20H30F13NO. The molecule has 0 N–H and O–H groups in total. The van der Waals surface area contributed by atoms with Gasteiger partial charge in [-0.15, -0.1) is 0 Å².